The van der Waals surface area contributed by atoms with Crippen LogP contribution < -0.4 is 10.2 Å². The van der Waals surface area contributed by atoms with E-state index in [2.05, 4.69) is 26.5 Å². The van der Waals surface area contributed by atoms with Crippen LogP contribution in [0.4, 0.5) is 0 Å². The van der Waals surface area contributed by atoms with Gasteiger partial charge in [0, 0.05) is 15.1 Å². The lowest BCUT2D eigenvalue weighted by Crippen LogP contribution is -2.18. The maximum Gasteiger partial charge on any atom is 0.343 e. The Morgan fingerprint density at radius 1 is 0.970 bits per heavy atom. The first-order valence-electron chi connectivity index (χ1n) is 9.73. The number of phenolic OH excluding ortho intramolecular Hbond substituents is 1. The minimum Gasteiger partial charge on any atom is -0.507 e. The number of halogens is 2. The molecule has 0 unspecified atom stereocenters. The molecule has 164 valence electrons. The number of nitrogens with zero attached hydrogens (tertiary/aromatic N) is 1. The van der Waals surface area contributed by atoms with E-state index in [9.17, 15) is 14.7 Å². The van der Waals surface area contributed by atoms with Crippen LogP contribution in [0.5, 0.6) is 11.5 Å². The quantitative estimate of drug-likeness (QED) is 0.147. The number of carbonyl (C=O) groups excluding carboxylic acids is 2. The van der Waals surface area contributed by atoms with Crippen LogP contribution in [0.3, 0.4) is 0 Å². The van der Waals surface area contributed by atoms with Gasteiger partial charge in [-0.15, -0.1) is 0 Å². The highest BCUT2D eigenvalue weighted by molar-refractivity contribution is 9.10. The van der Waals surface area contributed by atoms with Gasteiger partial charge in [-0.2, -0.15) is 5.10 Å². The van der Waals surface area contributed by atoms with E-state index in [0.717, 1.165) is 15.2 Å². The van der Waals surface area contributed by atoms with E-state index in [-0.39, 0.29) is 17.1 Å². The van der Waals surface area contributed by atoms with E-state index in [0.29, 0.717) is 16.1 Å². The molecule has 6 nitrogen and oxygen atoms in total. The van der Waals surface area contributed by atoms with Crippen LogP contribution in [0.2, 0.25) is 5.02 Å². The van der Waals surface area contributed by atoms with E-state index in [1.54, 1.807) is 48.5 Å². The first-order chi connectivity index (χ1) is 15.9. The summed E-state index contributed by atoms with van der Waals surface area (Å²) in [5.74, 6) is -1.04. The molecule has 0 heterocycles. The molecule has 4 aromatic carbocycles. The molecular formula is C25H16BrClN2O4. The van der Waals surface area contributed by atoms with Crippen LogP contribution in [0.1, 0.15) is 26.3 Å². The second kappa shape index (κ2) is 9.85. The summed E-state index contributed by atoms with van der Waals surface area (Å²) < 4.78 is 6.22. The van der Waals surface area contributed by atoms with Gasteiger partial charge in [-0.05, 0) is 65.4 Å². The van der Waals surface area contributed by atoms with Gasteiger partial charge >= 0.3 is 5.97 Å². The lowest BCUT2D eigenvalue weighted by Gasteiger charge is -2.08. The molecule has 0 saturated carbocycles. The number of amides is 1. The van der Waals surface area contributed by atoms with Gasteiger partial charge in [0.1, 0.15) is 11.5 Å². The first-order valence-corrected chi connectivity index (χ1v) is 10.9. The molecule has 33 heavy (non-hydrogen) atoms. The van der Waals surface area contributed by atoms with Gasteiger partial charge in [0.05, 0.1) is 17.3 Å². The molecule has 8 heteroatoms. The Balaban J connectivity index is 1.51. The number of rotatable bonds is 5. The average molecular weight is 524 g/mol. The molecule has 0 atom stereocenters. The van der Waals surface area contributed by atoms with Gasteiger partial charge in [0.15, 0.2) is 0 Å². The van der Waals surface area contributed by atoms with Crippen molar-refractivity contribution in [2.24, 2.45) is 5.10 Å². The van der Waals surface area contributed by atoms with Crippen molar-refractivity contribution in [1.82, 2.24) is 5.43 Å². The number of ether oxygens (including phenoxy) is 1. The summed E-state index contributed by atoms with van der Waals surface area (Å²) in [6.07, 6.45) is 1.35. The fourth-order valence-electron chi connectivity index (χ4n) is 3.09. The van der Waals surface area contributed by atoms with Crippen LogP contribution in [0.15, 0.2) is 88.4 Å². The highest BCUT2D eigenvalue weighted by Gasteiger charge is 2.13. The number of hydrogen-bond acceptors (Lipinski definition) is 5. The maximum absolute atomic E-state index is 12.6. The lowest BCUT2D eigenvalue weighted by atomic mass is 10.1. The summed E-state index contributed by atoms with van der Waals surface area (Å²) in [7, 11) is 0. The van der Waals surface area contributed by atoms with Crippen LogP contribution in [-0.4, -0.2) is 23.2 Å². The standard InChI is InChI=1S/C25H16BrClN2O4/c26-19-7-10-23(33-25(32)15-5-8-20(27)9-6-15)18(11-19)14-28-29-24(31)21-12-16-3-1-2-4-17(16)13-22(21)30/h1-14,30H,(H,29,31)/b28-14+. The fraction of sp³-hybridized carbons (Fsp3) is 0. The van der Waals surface area contributed by atoms with Crippen LogP contribution in [-0.2, 0) is 0 Å². The molecule has 0 fully saturated rings. The summed E-state index contributed by atoms with van der Waals surface area (Å²) in [5, 5.41) is 16.3. The molecule has 0 radical (unpaired) electrons. The van der Waals surface area contributed by atoms with Gasteiger partial charge in [0.2, 0.25) is 0 Å². The smallest absolute Gasteiger partial charge is 0.343 e. The predicted molar refractivity (Wildman–Crippen MR) is 131 cm³/mol. The Bertz CT molecular complexity index is 1390. The van der Waals surface area contributed by atoms with Crippen molar-refractivity contribution in [2.45, 2.75) is 0 Å². The molecule has 0 spiro atoms. The minimum atomic E-state index is -0.579. The van der Waals surface area contributed by atoms with Gasteiger partial charge in [-0.25, -0.2) is 10.2 Å². The number of hydrazone groups is 1. The Kier molecular flexibility index (Phi) is 6.72. The molecule has 0 aliphatic rings. The topological polar surface area (TPSA) is 88.0 Å². The second-order valence-electron chi connectivity index (χ2n) is 6.99. The second-order valence-corrected chi connectivity index (χ2v) is 8.35. The maximum atomic E-state index is 12.6. The Labute approximate surface area is 202 Å². The number of phenols is 1. The summed E-state index contributed by atoms with van der Waals surface area (Å²) in [6, 6.07) is 21.8. The number of nitrogens with one attached hydrogen (secondary N) is 1. The average Bonchev–Trinajstić information content (AvgIpc) is 2.80. The van der Waals surface area contributed by atoms with E-state index in [1.165, 1.54) is 12.3 Å². The number of benzene rings is 4. The SMILES string of the molecule is O=C(Oc1ccc(Br)cc1/C=N/NC(=O)c1cc2ccccc2cc1O)c1ccc(Cl)cc1. The molecule has 0 saturated heterocycles. The highest BCUT2D eigenvalue weighted by Crippen LogP contribution is 2.25. The third kappa shape index (κ3) is 5.39. The molecule has 0 aromatic heterocycles. The van der Waals surface area contributed by atoms with Crippen molar-refractivity contribution in [3.05, 3.63) is 105 Å². The molecular weight excluding hydrogens is 508 g/mol. The molecule has 4 aromatic rings. The van der Waals surface area contributed by atoms with Crippen molar-refractivity contribution in [3.8, 4) is 11.5 Å². The van der Waals surface area contributed by atoms with Crippen molar-refractivity contribution in [1.29, 1.82) is 0 Å². The van der Waals surface area contributed by atoms with Crippen molar-refractivity contribution >= 4 is 56.4 Å². The zero-order valence-electron chi connectivity index (χ0n) is 17.0. The number of carbonyl (C=O) groups is 2. The molecule has 0 aliphatic carbocycles. The van der Waals surface area contributed by atoms with Gasteiger partial charge in [0.25, 0.3) is 5.91 Å². The third-order valence-corrected chi connectivity index (χ3v) is 5.48. The van der Waals surface area contributed by atoms with Crippen molar-refractivity contribution in [3.63, 3.8) is 0 Å². The summed E-state index contributed by atoms with van der Waals surface area (Å²) in [4.78, 5) is 25.0. The third-order valence-electron chi connectivity index (χ3n) is 4.73. The largest absolute Gasteiger partial charge is 0.507 e. The van der Waals surface area contributed by atoms with E-state index in [4.69, 9.17) is 16.3 Å². The predicted octanol–water partition coefficient (Wildman–Crippen LogP) is 5.94. The minimum absolute atomic E-state index is 0.0921. The zero-order valence-corrected chi connectivity index (χ0v) is 19.3. The number of aromatic hydroxyl groups is 1. The Morgan fingerprint density at radius 3 is 2.39 bits per heavy atom. The molecule has 1 amide bonds. The van der Waals surface area contributed by atoms with Gasteiger partial charge in [-0.3, -0.25) is 4.79 Å². The summed E-state index contributed by atoms with van der Waals surface area (Å²) >= 11 is 9.23. The number of fused-ring (bicyclic) bond motifs is 1. The van der Waals surface area contributed by atoms with Crippen molar-refractivity contribution < 1.29 is 19.4 Å². The zero-order chi connectivity index (χ0) is 23.4. The molecule has 0 bridgehead atoms. The molecule has 0 aliphatic heterocycles. The van der Waals surface area contributed by atoms with Crippen molar-refractivity contribution in [2.75, 3.05) is 0 Å². The van der Waals surface area contributed by atoms with Gasteiger partial charge < -0.3 is 9.84 Å². The monoisotopic (exact) mass is 522 g/mol. The van der Waals surface area contributed by atoms with Crippen LogP contribution in [0.25, 0.3) is 10.8 Å². The normalized spacial score (nSPS) is 11.0. The fourth-order valence-corrected chi connectivity index (χ4v) is 3.59. The lowest BCUT2D eigenvalue weighted by molar-refractivity contribution is 0.0734. The van der Waals surface area contributed by atoms with Gasteiger partial charge in [-0.1, -0.05) is 51.8 Å². The van der Waals surface area contributed by atoms with E-state index >= 15 is 0 Å². The first kappa shape index (κ1) is 22.5. The van der Waals surface area contributed by atoms with E-state index in [1.807, 2.05) is 24.3 Å². The Morgan fingerprint density at radius 2 is 1.67 bits per heavy atom. The van der Waals surface area contributed by atoms with E-state index < -0.39 is 11.9 Å². The number of esters is 1. The molecule has 4 rings (SSSR count). The van der Waals surface area contributed by atoms with Crippen LogP contribution in [0, 0.1) is 0 Å². The summed E-state index contributed by atoms with van der Waals surface area (Å²) in [6.45, 7) is 0. The number of hydrogen-bond donors (Lipinski definition) is 2. The Hall–Kier alpha value is -3.68. The van der Waals surface area contributed by atoms with Crippen LogP contribution >= 0.6 is 27.5 Å². The highest BCUT2D eigenvalue weighted by atomic mass is 79.9. The molecule has 2 N–H and O–H groups in total. The summed E-state index contributed by atoms with van der Waals surface area (Å²) in [5.41, 5.74) is 3.27.